The molecule has 4 aromatic rings. The largest absolute Gasteiger partial charge is 0.445 e. The van der Waals surface area contributed by atoms with Crippen molar-refractivity contribution < 1.29 is 19.1 Å². The van der Waals surface area contributed by atoms with Crippen LogP contribution in [0.5, 0.6) is 0 Å². The van der Waals surface area contributed by atoms with Gasteiger partial charge in [0.05, 0.1) is 6.54 Å². The van der Waals surface area contributed by atoms with E-state index in [1.165, 1.54) is 0 Å². The minimum atomic E-state index is -0.863. The van der Waals surface area contributed by atoms with Gasteiger partial charge in [-0.1, -0.05) is 78.9 Å². The van der Waals surface area contributed by atoms with Gasteiger partial charge in [-0.05, 0) is 41.3 Å². The number of carbonyl (C=O) groups excluding carboxylic acids is 3. The first kappa shape index (κ1) is 28.0. The minimum Gasteiger partial charge on any atom is -0.445 e. The van der Waals surface area contributed by atoms with Gasteiger partial charge in [-0.15, -0.1) is 10.2 Å². The fraction of sp³-hybridized carbons (Fsp3) is 0.241. The molecule has 0 fully saturated rings. The van der Waals surface area contributed by atoms with Crippen LogP contribution in [-0.2, 0) is 27.5 Å². The van der Waals surface area contributed by atoms with Crippen LogP contribution in [0.4, 0.5) is 4.79 Å². The Kier molecular flexibility index (Phi) is 9.19. The van der Waals surface area contributed by atoms with Gasteiger partial charge < -0.3 is 20.7 Å². The quantitative estimate of drug-likeness (QED) is 0.227. The van der Waals surface area contributed by atoms with E-state index >= 15 is 0 Å². The fourth-order valence-electron chi connectivity index (χ4n) is 3.99. The third-order valence-corrected chi connectivity index (χ3v) is 5.97. The van der Waals surface area contributed by atoms with Crippen molar-refractivity contribution >= 4 is 17.9 Å². The van der Waals surface area contributed by atoms with E-state index in [0.717, 1.165) is 27.8 Å². The molecule has 3 amide bonds. The van der Waals surface area contributed by atoms with Crippen molar-refractivity contribution in [2.45, 2.75) is 39.0 Å². The number of amides is 3. The molecule has 1 heterocycles. The summed E-state index contributed by atoms with van der Waals surface area (Å²) in [7, 11) is 0. The molecule has 0 spiro atoms. The number of hydrogen-bond donors (Lipinski definition) is 4. The Morgan fingerprint density at radius 2 is 1.52 bits per heavy atom. The highest BCUT2D eigenvalue weighted by Gasteiger charge is 2.25. The van der Waals surface area contributed by atoms with Crippen molar-refractivity contribution in [1.29, 1.82) is 0 Å². The molecule has 4 rings (SSSR count). The summed E-state index contributed by atoms with van der Waals surface area (Å²) in [5.74, 6) is -0.183. The van der Waals surface area contributed by atoms with Crippen LogP contribution in [0, 0.1) is 0 Å². The van der Waals surface area contributed by atoms with Gasteiger partial charge in [-0.25, -0.2) is 4.79 Å². The predicted octanol–water partition coefficient (Wildman–Crippen LogP) is 3.36. The Morgan fingerprint density at radius 3 is 2.23 bits per heavy atom. The lowest BCUT2D eigenvalue weighted by atomic mass is 9.98. The van der Waals surface area contributed by atoms with Crippen molar-refractivity contribution in [1.82, 2.24) is 36.6 Å². The zero-order valence-electron chi connectivity index (χ0n) is 22.3. The van der Waals surface area contributed by atoms with Crippen molar-refractivity contribution in [3.8, 4) is 22.5 Å². The van der Waals surface area contributed by atoms with Crippen LogP contribution in [0.25, 0.3) is 22.5 Å². The summed E-state index contributed by atoms with van der Waals surface area (Å²) in [6, 6.07) is 24.8. The Labute approximate surface area is 231 Å². The molecule has 0 aliphatic heterocycles. The maximum Gasteiger partial charge on any atom is 0.407 e. The molecule has 40 heavy (non-hydrogen) atoms. The molecular weight excluding hydrogens is 510 g/mol. The van der Waals surface area contributed by atoms with E-state index in [9.17, 15) is 14.4 Å². The van der Waals surface area contributed by atoms with Crippen LogP contribution in [-0.4, -0.2) is 50.6 Å². The number of nitrogens with one attached hydrogen (secondary N) is 4. The van der Waals surface area contributed by atoms with Gasteiger partial charge in [0.15, 0.2) is 0 Å². The molecule has 11 nitrogen and oxygen atoms in total. The molecule has 11 heteroatoms. The van der Waals surface area contributed by atoms with Gasteiger partial charge >= 0.3 is 6.09 Å². The van der Waals surface area contributed by atoms with Gasteiger partial charge in [-0.2, -0.15) is 5.21 Å². The Morgan fingerprint density at radius 1 is 0.825 bits per heavy atom. The maximum atomic E-state index is 12.4. The van der Waals surface area contributed by atoms with E-state index in [1.54, 1.807) is 13.8 Å². The normalized spacial score (nSPS) is 10.9. The highest BCUT2D eigenvalue weighted by Crippen LogP contribution is 2.29. The molecule has 0 aliphatic carbocycles. The Hall–Kier alpha value is -5.06. The van der Waals surface area contributed by atoms with Crippen LogP contribution in [0.1, 0.15) is 31.4 Å². The summed E-state index contributed by atoms with van der Waals surface area (Å²) in [4.78, 5) is 36.8. The first-order valence-electron chi connectivity index (χ1n) is 12.7. The molecule has 0 radical (unpaired) electrons. The topological polar surface area (TPSA) is 151 Å². The first-order valence-corrected chi connectivity index (χ1v) is 12.7. The molecule has 0 aliphatic rings. The summed E-state index contributed by atoms with van der Waals surface area (Å²) in [6.45, 7) is 3.68. The first-order chi connectivity index (χ1) is 19.3. The molecule has 0 atom stereocenters. The smallest absolute Gasteiger partial charge is 0.407 e. The number of ether oxygens (including phenoxy) is 1. The molecular formula is C29H31N7O4. The van der Waals surface area contributed by atoms with Gasteiger partial charge in [0.25, 0.3) is 0 Å². The molecule has 0 bridgehead atoms. The van der Waals surface area contributed by atoms with Gasteiger partial charge in [-0.3, -0.25) is 9.59 Å². The highest BCUT2D eigenvalue weighted by molar-refractivity contribution is 5.85. The van der Waals surface area contributed by atoms with E-state index in [4.69, 9.17) is 4.74 Å². The van der Waals surface area contributed by atoms with Gasteiger partial charge in [0.1, 0.15) is 6.61 Å². The maximum absolute atomic E-state index is 12.4. The standard InChI is InChI=1S/C29H31N7O4/c1-29(2,32-28(39)40-19-21-8-4-3-5-9-21)16-25(37)31-18-26(38)30-17-20-12-14-22(15-13-20)23-10-6-7-11-24(23)27-33-35-36-34-27/h3-15H,16-19H2,1-2H3,(H,30,38)(H,31,37)(H,32,39)(H,33,34,35,36). The summed E-state index contributed by atoms with van der Waals surface area (Å²) < 4.78 is 5.22. The van der Waals surface area contributed by atoms with E-state index < -0.39 is 11.6 Å². The Bertz CT molecular complexity index is 1420. The lowest BCUT2D eigenvalue weighted by Gasteiger charge is -2.25. The highest BCUT2D eigenvalue weighted by atomic mass is 16.5. The van der Waals surface area contributed by atoms with E-state index in [-0.39, 0.29) is 31.4 Å². The zero-order valence-corrected chi connectivity index (χ0v) is 22.3. The van der Waals surface area contributed by atoms with Crippen LogP contribution >= 0.6 is 0 Å². The number of aromatic amines is 1. The van der Waals surface area contributed by atoms with E-state index in [1.807, 2.05) is 78.9 Å². The van der Waals surface area contributed by atoms with E-state index in [2.05, 4.69) is 36.6 Å². The molecule has 206 valence electrons. The summed E-state index contributed by atoms with van der Waals surface area (Å²) >= 11 is 0. The number of nitrogens with zero attached hydrogens (tertiary/aromatic N) is 3. The number of benzene rings is 3. The number of rotatable bonds is 11. The number of tetrazole rings is 1. The van der Waals surface area contributed by atoms with Crippen molar-refractivity contribution in [2.24, 2.45) is 0 Å². The third kappa shape index (κ3) is 8.22. The molecule has 3 aromatic carbocycles. The van der Waals surface area contributed by atoms with Crippen LogP contribution < -0.4 is 16.0 Å². The lowest BCUT2D eigenvalue weighted by molar-refractivity contribution is -0.126. The van der Waals surface area contributed by atoms with Crippen LogP contribution in [0.15, 0.2) is 78.9 Å². The lowest BCUT2D eigenvalue weighted by Crippen LogP contribution is -2.48. The summed E-state index contributed by atoms with van der Waals surface area (Å²) in [6.07, 6.45) is -0.642. The molecule has 0 saturated carbocycles. The second kappa shape index (κ2) is 13.1. The van der Waals surface area contributed by atoms with Crippen molar-refractivity contribution in [3.05, 3.63) is 90.0 Å². The fourth-order valence-corrected chi connectivity index (χ4v) is 3.99. The minimum absolute atomic E-state index is 0.0203. The predicted molar refractivity (Wildman–Crippen MR) is 148 cm³/mol. The molecule has 0 unspecified atom stereocenters. The number of hydrogen-bond acceptors (Lipinski definition) is 7. The molecule has 1 aromatic heterocycles. The van der Waals surface area contributed by atoms with E-state index in [0.29, 0.717) is 12.4 Å². The van der Waals surface area contributed by atoms with Crippen molar-refractivity contribution in [3.63, 3.8) is 0 Å². The second-order valence-corrected chi connectivity index (χ2v) is 9.78. The SMILES string of the molecule is CC(C)(CC(=O)NCC(=O)NCc1ccc(-c2ccccc2-c2nn[nH]n2)cc1)NC(=O)OCc1ccccc1. The monoisotopic (exact) mass is 541 g/mol. The van der Waals surface area contributed by atoms with Gasteiger partial charge in [0.2, 0.25) is 17.6 Å². The second-order valence-electron chi connectivity index (χ2n) is 9.78. The van der Waals surface area contributed by atoms with Crippen molar-refractivity contribution in [2.75, 3.05) is 6.54 Å². The summed E-state index contributed by atoms with van der Waals surface area (Å²) in [5.41, 5.74) is 3.70. The average molecular weight is 542 g/mol. The van der Waals surface area contributed by atoms with Crippen LogP contribution in [0.2, 0.25) is 0 Å². The molecule has 0 saturated heterocycles. The summed E-state index contributed by atoms with van der Waals surface area (Å²) in [5, 5.41) is 22.3. The Balaban J connectivity index is 1.19. The number of alkyl carbamates (subject to hydrolysis) is 1. The number of H-pyrrole nitrogens is 1. The van der Waals surface area contributed by atoms with Gasteiger partial charge in [0, 0.05) is 24.1 Å². The average Bonchev–Trinajstić information content (AvgIpc) is 3.49. The number of carbonyl (C=O) groups is 3. The zero-order chi connectivity index (χ0) is 28.4. The number of aromatic nitrogens is 4. The molecule has 4 N–H and O–H groups in total. The third-order valence-electron chi connectivity index (χ3n) is 5.97. The van der Waals surface area contributed by atoms with Crippen LogP contribution in [0.3, 0.4) is 0 Å².